The minimum absolute atomic E-state index is 0.369. The molecule has 19 heavy (non-hydrogen) atoms. The number of rotatable bonds is 1. The zero-order valence-corrected chi connectivity index (χ0v) is 10.8. The Balaban J connectivity index is 1.87. The van der Waals surface area contributed by atoms with Crippen molar-refractivity contribution in [1.29, 1.82) is 0 Å². The Morgan fingerprint density at radius 3 is 2.74 bits per heavy atom. The van der Waals surface area contributed by atoms with Crippen molar-refractivity contribution in [2.75, 3.05) is 31.6 Å². The fourth-order valence-corrected chi connectivity index (χ4v) is 3.35. The molecule has 0 spiro atoms. The first kappa shape index (κ1) is 12.8. The summed E-state index contributed by atoms with van der Waals surface area (Å²) in [5.41, 5.74) is 0.150. The number of halogens is 3. The van der Waals surface area contributed by atoms with E-state index < -0.39 is 11.7 Å². The van der Waals surface area contributed by atoms with Crippen LogP contribution < -0.4 is 4.90 Å². The van der Waals surface area contributed by atoms with Gasteiger partial charge in [-0.05, 0) is 37.6 Å². The maximum atomic E-state index is 12.8. The third-order valence-electron chi connectivity index (χ3n) is 4.24. The van der Waals surface area contributed by atoms with Crippen LogP contribution in [0.5, 0.6) is 0 Å². The van der Waals surface area contributed by atoms with Crippen LogP contribution in [-0.4, -0.2) is 37.6 Å². The molecule has 2 atom stereocenters. The molecule has 2 aliphatic rings. The van der Waals surface area contributed by atoms with Crippen LogP contribution in [0.15, 0.2) is 24.3 Å². The first-order valence-corrected chi connectivity index (χ1v) is 6.57. The second-order valence-electron chi connectivity index (χ2n) is 5.58. The third-order valence-corrected chi connectivity index (χ3v) is 4.24. The van der Waals surface area contributed by atoms with Gasteiger partial charge in [-0.2, -0.15) is 13.2 Å². The predicted octanol–water partition coefficient (Wildman–Crippen LogP) is 2.85. The van der Waals surface area contributed by atoms with Crippen molar-refractivity contribution < 1.29 is 13.2 Å². The first-order valence-electron chi connectivity index (χ1n) is 6.57. The largest absolute Gasteiger partial charge is 0.416 e. The van der Waals surface area contributed by atoms with E-state index in [1.165, 1.54) is 12.1 Å². The lowest BCUT2D eigenvalue weighted by molar-refractivity contribution is -0.137. The summed E-state index contributed by atoms with van der Waals surface area (Å²) < 4.78 is 38.3. The highest BCUT2D eigenvalue weighted by molar-refractivity contribution is 5.51. The summed E-state index contributed by atoms with van der Waals surface area (Å²) in [4.78, 5) is 4.40. The summed E-state index contributed by atoms with van der Waals surface area (Å²) in [5, 5.41) is 0. The zero-order valence-electron chi connectivity index (χ0n) is 10.8. The smallest absolute Gasteiger partial charge is 0.367 e. The highest BCUT2D eigenvalue weighted by Crippen LogP contribution is 2.37. The van der Waals surface area contributed by atoms with Crippen molar-refractivity contribution in [2.24, 2.45) is 5.92 Å². The van der Waals surface area contributed by atoms with Gasteiger partial charge >= 0.3 is 6.18 Å². The van der Waals surface area contributed by atoms with E-state index >= 15 is 0 Å². The van der Waals surface area contributed by atoms with Crippen molar-refractivity contribution in [2.45, 2.75) is 18.6 Å². The average molecular weight is 270 g/mol. The Bertz CT molecular complexity index is 472. The van der Waals surface area contributed by atoms with Gasteiger partial charge in [0.1, 0.15) is 0 Å². The minimum atomic E-state index is -4.26. The van der Waals surface area contributed by atoms with Crippen LogP contribution in [0.2, 0.25) is 0 Å². The fraction of sp³-hybridized carbons (Fsp3) is 0.571. The number of likely N-dealkylation sites (N-methyl/N-ethyl adjacent to an activating group) is 1. The topological polar surface area (TPSA) is 6.48 Å². The number of anilines is 1. The predicted molar refractivity (Wildman–Crippen MR) is 68.2 cm³/mol. The third kappa shape index (κ3) is 2.31. The molecular formula is C14H17F3N2. The summed E-state index contributed by atoms with van der Waals surface area (Å²) in [6, 6.07) is 6.08. The monoisotopic (exact) mass is 270 g/mol. The van der Waals surface area contributed by atoms with E-state index in [1.807, 2.05) is 0 Å². The molecule has 0 aliphatic carbocycles. The molecule has 2 heterocycles. The van der Waals surface area contributed by atoms with Crippen molar-refractivity contribution in [3.05, 3.63) is 29.8 Å². The standard InChI is InChI=1S/C14H17F3N2/c1-18-8-10-5-6-19(13(10)9-18)12-4-2-3-11(7-12)14(15,16)17/h2-4,7,10,13H,5-6,8-9H2,1H3. The second-order valence-corrected chi connectivity index (χ2v) is 5.58. The molecule has 0 saturated carbocycles. The Hall–Kier alpha value is -1.23. The number of benzene rings is 1. The molecule has 0 N–H and O–H groups in total. The molecule has 2 aliphatic heterocycles. The van der Waals surface area contributed by atoms with Gasteiger partial charge in [0.2, 0.25) is 0 Å². The molecule has 2 nitrogen and oxygen atoms in total. The van der Waals surface area contributed by atoms with Gasteiger partial charge < -0.3 is 9.80 Å². The summed E-state index contributed by atoms with van der Waals surface area (Å²) >= 11 is 0. The Labute approximate surface area is 110 Å². The maximum Gasteiger partial charge on any atom is 0.416 e. The van der Waals surface area contributed by atoms with Gasteiger partial charge in [0, 0.05) is 31.4 Å². The number of likely N-dealkylation sites (tertiary alicyclic amines) is 1. The maximum absolute atomic E-state index is 12.8. The zero-order chi connectivity index (χ0) is 13.6. The van der Waals surface area contributed by atoms with Crippen molar-refractivity contribution in [3.8, 4) is 0 Å². The summed E-state index contributed by atoms with van der Waals surface area (Å²) in [6.07, 6.45) is -3.19. The summed E-state index contributed by atoms with van der Waals surface area (Å²) in [5.74, 6) is 0.597. The van der Waals surface area contributed by atoms with Crippen LogP contribution in [0, 0.1) is 5.92 Å². The van der Waals surface area contributed by atoms with E-state index in [9.17, 15) is 13.2 Å². The number of hydrogen-bond acceptors (Lipinski definition) is 2. The highest BCUT2D eigenvalue weighted by atomic mass is 19.4. The molecule has 0 bridgehead atoms. The van der Waals surface area contributed by atoms with Crippen LogP contribution in [0.4, 0.5) is 18.9 Å². The van der Waals surface area contributed by atoms with Gasteiger partial charge in [-0.1, -0.05) is 6.07 Å². The molecule has 5 heteroatoms. The molecule has 2 fully saturated rings. The lowest BCUT2D eigenvalue weighted by Gasteiger charge is -2.27. The molecule has 1 aromatic carbocycles. The minimum Gasteiger partial charge on any atom is -0.367 e. The molecule has 0 radical (unpaired) electrons. The van der Waals surface area contributed by atoms with E-state index in [-0.39, 0.29) is 0 Å². The van der Waals surface area contributed by atoms with Gasteiger partial charge in [-0.3, -0.25) is 0 Å². The molecule has 1 aromatic rings. The lowest BCUT2D eigenvalue weighted by atomic mass is 10.0. The molecule has 0 amide bonds. The SMILES string of the molecule is CN1CC2CCN(c3cccc(C(F)(F)F)c3)C2C1. The van der Waals surface area contributed by atoms with Gasteiger partial charge in [-0.25, -0.2) is 0 Å². The molecule has 104 valence electrons. The van der Waals surface area contributed by atoms with E-state index in [2.05, 4.69) is 16.8 Å². The number of nitrogens with zero attached hydrogens (tertiary/aromatic N) is 2. The molecule has 2 saturated heterocycles. The van der Waals surface area contributed by atoms with Crippen molar-refractivity contribution in [3.63, 3.8) is 0 Å². The van der Waals surface area contributed by atoms with E-state index in [0.717, 1.165) is 32.1 Å². The average Bonchev–Trinajstić information content (AvgIpc) is 2.86. The van der Waals surface area contributed by atoms with E-state index in [0.29, 0.717) is 17.6 Å². The molecule has 2 unspecified atom stereocenters. The van der Waals surface area contributed by atoms with Gasteiger partial charge in [-0.15, -0.1) is 0 Å². The molecular weight excluding hydrogens is 253 g/mol. The van der Waals surface area contributed by atoms with Crippen LogP contribution in [-0.2, 0) is 6.18 Å². The van der Waals surface area contributed by atoms with Crippen LogP contribution in [0.25, 0.3) is 0 Å². The second kappa shape index (κ2) is 4.40. The fourth-order valence-electron chi connectivity index (χ4n) is 3.35. The van der Waals surface area contributed by atoms with Gasteiger partial charge in [0.25, 0.3) is 0 Å². The van der Waals surface area contributed by atoms with Crippen LogP contribution >= 0.6 is 0 Å². The number of hydrogen-bond donors (Lipinski definition) is 0. The number of alkyl halides is 3. The van der Waals surface area contributed by atoms with Gasteiger partial charge in [0.15, 0.2) is 0 Å². The Kier molecular flexibility index (Phi) is 2.96. The lowest BCUT2D eigenvalue weighted by Crippen LogP contribution is -2.34. The Morgan fingerprint density at radius 2 is 2.00 bits per heavy atom. The normalized spacial score (nSPS) is 27.9. The summed E-state index contributed by atoms with van der Waals surface area (Å²) in [7, 11) is 2.07. The first-order chi connectivity index (χ1) is 8.95. The molecule has 0 aromatic heterocycles. The van der Waals surface area contributed by atoms with Crippen molar-refractivity contribution >= 4 is 5.69 Å². The van der Waals surface area contributed by atoms with Crippen LogP contribution in [0.3, 0.4) is 0 Å². The van der Waals surface area contributed by atoms with Gasteiger partial charge in [0.05, 0.1) is 5.56 Å². The quantitative estimate of drug-likeness (QED) is 0.774. The van der Waals surface area contributed by atoms with Crippen molar-refractivity contribution in [1.82, 2.24) is 4.90 Å². The number of fused-ring (bicyclic) bond motifs is 1. The van der Waals surface area contributed by atoms with Crippen LogP contribution in [0.1, 0.15) is 12.0 Å². The highest BCUT2D eigenvalue weighted by Gasteiger charge is 2.40. The molecule has 3 rings (SSSR count). The van der Waals surface area contributed by atoms with E-state index in [4.69, 9.17) is 0 Å². The Morgan fingerprint density at radius 1 is 1.21 bits per heavy atom. The van der Waals surface area contributed by atoms with E-state index in [1.54, 1.807) is 6.07 Å². The summed E-state index contributed by atoms with van der Waals surface area (Å²) in [6.45, 7) is 2.87.